The summed E-state index contributed by atoms with van der Waals surface area (Å²) in [6.07, 6.45) is 6.25. The molecule has 1 aliphatic heterocycles. The predicted molar refractivity (Wildman–Crippen MR) is 95.6 cm³/mol. The predicted octanol–water partition coefficient (Wildman–Crippen LogP) is 3.15. The minimum atomic E-state index is -0.127. The van der Waals surface area contributed by atoms with E-state index in [0.29, 0.717) is 6.54 Å². The van der Waals surface area contributed by atoms with Crippen molar-refractivity contribution in [2.45, 2.75) is 45.1 Å². The summed E-state index contributed by atoms with van der Waals surface area (Å²) in [6, 6.07) is 5.52. The Morgan fingerprint density at radius 2 is 1.79 bits per heavy atom. The number of amides is 1. The Hall–Kier alpha value is -1.75. The van der Waals surface area contributed by atoms with Gasteiger partial charge >= 0.3 is 0 Å². The first-order valence-corrected chi connectivity index (χ1v) is 8.87. The third-order valence-corrected chi connectivity index (χ3v) is 4.60. The van der Waals surface area contributed by atoms with Crippen molar-refractivity contribution >= 4 is 5.91 Å². The summed E-state index contributed by atoms with van der Waals surface area (Å²) in [4.78, 5) is 14.7. The molecule has 0 aliphatic carbocycles. The lowest BCUT2D eigenvalue weighted by Gasteiger charge is -2.25. The van der Waals surface area contributed by atoms with E-state index in [4.69, 9.17) is 9.47 Å². The average molecular weight is 334 g/mol. The molecule has 5 heteroatoms. The van der Waals surface area contributed by atoms with Crippen LogP contribution in [0.3, 0.4) is 0 Å². The van der Waals surface area contributed by atoms with Crippen molar-refractivity contribution in [1.82, 2.24) is 10.2 Å². The normalized spacial score (nSPS) is 17.5. The maximum atomic E-state index is 12.4. The summed E-state index contributed by atoms with van der Waals surface area (Å²) in [5.74, 6) is 1.58. The van der Waals surface area contributed by atoms with Crippen LogP contribution in [0.5, 0.6) is 11.5 Å². The lowest BCUT2D eigenvalue weighted by molar-refractivity contribution is -0.123. The maximum absolute atomic E-state index is 12.4. The third-order valence-electron chi connectivity index (χ3n) is 4.60. The van der Waals surface area contributed by atoms with Gasteiger partial charge in [-0.3, -0.25) is 9.69 Å². The first-order chi connectivity index (χ1) is 11.6. The average Bonchev–Trinajstić information content (AvgIpc) is 2.56. The SMILES string of the molecule is COc1ccc(OC)c([C@@H](C)NC(=O)CN2CCCCCCC2)c1. The van der Waals surface area contributed by atoms with E-state index in [1.54, 1.807) is 14.2 Å². The van der Waals surface area contributed by atoms with Crippen molar-refractivity contribution in [3.8, 4) is 11.5 Å². The zero-order valence-corrected chi connectivity index (χ0v) is 15.1. The molecule has 2 rings (SSSR count). The van der Waals surface area contributed by atoms with Crippen LogP contribution >= 0.6 is 0 Å². The van der Waals surface area contributed by atoms with Gasteiger partial charge in [0.05, 0.1) is 26.8 Å². The summed E-state index contributed by atoms with van der Waals surface area (Å²) in [6.45, 7) is 4.48. The van der Waals surface area contributed by atoms with Gasteiger partial charge in [0.2, 0.25) is 5.91 Å². The van der Waals surface area contributed by atoms with E-state index in [-0.39, 0.29) is 11.9 Å². The third kappa shape index (κ3) is 5.41. The molecule has 1 heterocycles. The van der Waals surface area contributed by atoms with Gasteiger partial charge in [0.15, 0.2) is 0 Å². The highest BCUT2D eigenvalue weighted by molar-refractivity contribution is 5.78. The molecule has 0 radical (unpaired) electrons. The summed E-state index contributed by atoms with van der Waals surface area (Å²) in [5, 5.41) is 3.09. The van der Waals surface area contributed by atoms with E-state index in [2.05, 4.69) is 10.2 Å². The minimum Gasteiger partial charge on any atom is -0.497 e. The number of rotatable bonds is 6. The quantitative estimate of drug-likeness (QED) is 0.868. The molecular weight excluding hydrogens is 304 g/mol. The van der Waals surface area contributed by atoms with Crippen LogP contribution in [0.25, 0.3) is 0 Å². The minimum absolute atomic E-state index is 0.0629. The summed E-state index contributed by atoms with van der Waals surface area (Å²) >= 11 is 0. The number of hydrogen-bond donors (Lipinski definition) is 1. The van der Waals surface area contributed by atoms with Gasteiger partial charge in [0, 0.05) is 5.56 Å². The van der Waals surface area contributed by atoms with Crippen LogP contribution in [0.15, 0.2) is 18.2 Å². The van der Waals surface area contributed by atoms with Gasteiger partial charge in [-0.2, -0.15) is 0 Å². The molecule has 0 spiro atoms. The number of carbonyl (C=O) groups excluding carboxylic acids is 1. The number of hydrogen-bond acceptors (Lipinski definition) is 4. The standard InChI is InChI=1S/C19H30N2O3/c1-15(17-13-16(23-2)9-10-18(17)24-3)20-19(22)14-21-11-7-5-4-6-8-12-21/h9-10,13,15H,4-8,11-12,14H2,1-3H3,(H,20,22)/t15-/m1/s1. The Morgan fingerprint density at radius 3 is 2.42 bits per heavy atom. The molecule has 0 unspecified atom stereocenters. The Bertz CT molecular complexity index is 525. The van der Waals surface area contributed by atoms with Gasteiger partial charge in [0.25, 0.3) is 0 Å². The highest BCUT2D eigenvalue weighted by atomic mass is 16.5. The van der Waals surface area contributed by atoms with Gasteiger partial charge in [0.1, 0.15) is 11.5 Å². The zero-order chi connectivity index (χ0) is 17.4. The molecular formula is C19H30N2O3. The Morgan fingerprint density at radius 1 is 1.12 bits per heavy atom. The van der Waals surface area contributed by atoms with Crippen LogP contribution < -0.4 is 14.8 Å². The molecule has 5 nitrogen and oxygen atoms in total. The van der Waals surface area contributed by atoms with Crippen LogP contribution in [0.1, 0.15) is 50.6 Å². The summed E-state index contributed by atoms with van der Waals surface area (Å²) in [7, 11) is 3.27. The number of carbonyl (C=O) groups is 1. The number of methoxy groups -OCH3 is 2. The highest BCUT2D eigenvalue weighted by Crippen LogP contribution is 2.29. The second-order valence-corrected chi connectivity index (χ2v) is 6.44. The second-order valence-electron chi connectivity index (χ2n) is 6.44. The molecule has 134 valence electrons. The van der Waals surface area contributed by atoms with E-state index >= 15 is 0 Å². The van der Waals surface area contributed by atoms with Crippen LogP contribution in [-0.2, 0) is 4.79 Å². The van der Waals surface area contributed by atoms with E-state index < -0.39 is 0 Å². The molecule has 1 aromatic carbocycles. The summed E-state index contributed by atoms with van der Waals surface area (Å²) < 4.78 is 10.7. The molecule has 0 bridgehead atoms. The van der Waals surface area contributed by atoms with Crippen LogP contribution in [0, 0.1) is 0 Å². The number of likely N-dealkylation sites (tertiary alicyclic amines) is 1. The smallest absolute Gasteiger partial charge is 0.234 e. The van der Waals surface area contributed by atoms with Crippen LogP contribution in [0.2, 0.25) is 0 Å². The molecule has 1 aliphatic rings. The van der Waals surface area contributed by atoms with Crippen molar-refractivity contribution < 1.29 is 14.3 Å². The lowest BCUT2D eigenvalue weighted by Crippen LogP contribution is -2.39. The monoisotopic (exact) mass is 334 g/mol. The highest BCUT2D eigenvalue weighted by Gasteiger charge is 2.17. The number of benzene rings is 1. The van der Waals surface area contributed by atoms with Gasteiger partial charge in [-0.1, -0.05) is 19.3 Å². The largest absolute Gasteiger partial charge is 0.497 e. The zero-order valence-electron chi connectivity index (χ0n) is 15.1. The van der Waals surface area contributed by atoms with E-state index in [1.165, 1.54) is 32.1 Å². The van der Waals surface area contributed by atoms with Crippen molar-refractivity contribution in [2.24, 2.45) is 0 Å². The number of nitrogens with one attached hydrogen (secondary N) is 1. The molecule has 1 N–H and O–H groups in total. The van der Waals surface area contributed by atoms with E-state index in [9.17, 15) is 4.79 Å². The van der Waals surface area contributed by atoms with Crippen LogP contribution in [0.4, 0.5) is 0 Å². The van der Waals surface area contributed by atoms with Crippen molar-refractivity contribution in [1.29, 1.82) is 0 Å². The lowest BCUT2D eigenvalue weighted by atomic mass is 10.1. The second kappa shape index (κ2) is 9.52. The van der Waals surface area contributed by atoms with E-state index in [0.717, 1.165) is 30.2 Å². The van der Waals surface area contributed by atoms with Crippen molar-refractivity contribution in [3.63, 3.8) is 0 Å². The Kier molecular flexibility index (Phi) is 7.37. The molecule has 24 heavy (non-hydrogen) atoms. The number of nitrogens with zero attached hydrogens (tertiary/aromatic N) is 1. The molecule has 0 aromatic heterocycles. The molecule has 1 fully saturated rings. The van der Waals surface area contributed by atoms with Gasteiger partial charge < -0.3 is 14.8 Å². The fourth-order valence-electron chi connectivity index (χ4n) is 3.22. The molecule has 1 aromatic rings. The summed E-state index contributed by atoms with van der Waals surface area (Å²) in [5.41, 5.74) is 0.929. The number of ether oxygens (including phenoxy) is 2. The molecule has 1 amide bonds. The maximum Gasteiger partial charge on any atom is 0.234 e. The topological polar surface area (TPSA) is 50.8 Å². The Labute approximate surface area is 145 Å². The molecule has 1 atom stereocenters. The molecule has 1 saturated heterocycles. The van der Waals surface area contributed by atoms with Crippen LogP contribution in [-0.4, -0.2) is 44.7 Å². The van der Waals surface area contributed by atoms with Gasteiger partial charge in [-0.15, -0.1) is 0 Å². The van der Waals surface area contributed by atoms with Crippen molar-refractivity contribution in [2.75, 3.05) is 33.9 Å². The van der Waals surface area contributed by atoms with E-state index in [1.807, 2.05) is 25.1 Å². The fraction of sp³-hybridized carbons (Fsp3) is 0.632. The molecule has 0 saturated carbocycles. The van der Waals surface area contributed by atoms with Crippen molar-refractivity contribution in [3.05, 3.63) is 23.8 Å². The fourth-order valence-corrected chi connectivity index (χ4v) is 3.22. The first kappa shape index (κ1) is 18.6. The first-order valence-electron chi connectivity index (χ1n) is 8.87. The Balaban J connectivity index is 1.95. The van der Waals surface area contributed by atoms with Gasteiger partial charge in [-0.05, 0) is 51.1 Å². The van der Waals surface area contributed by atoms with Gasteiger partial charge in [-0.25, -0.2) is 0 Å².